The molecule has 1 aromatic heterocycles. The van der Waals surface area contributed by atoms with Gasteiger partial charge in [-0.05, 0) is 44.0 Å². The van der Waals surface area contributed by atoms with Crippen LogP contribution in [-0.4, -0.2) is 22.8 Å². The van der Waals surface area contributed by atoms with Crippen molar-refractivity contribution < 1.29 is 4.74 Å². The van der Waals surface area contributed by atoms with Crippen molar-refractivity contribution >= 4 is 12.2 Å². The van der Waals surface area contributed by atoms with Crippen molar-refractivity contribution in [3.63, 3.8) is 0 Å². The Morgan fingerprint density at radius 2 is 2.20 bits per heavy atom. The lowest BCUT2D eigenvalue weighted by molar-refractivity contribution is 0.343. The highest BCUT2D eigenvalue weighted by Gasteiger charge is 2.11. The summed E-state index contributed by atoms with van der Waals surface area (Å²) in [7, 11) is 0. The van der Waals surface area contributed by atoms with Crippen LogP contribution in [0.3, 0.4) is 0 Å². The molecule has 2 aromatic rings. The fourth-order valence-corrected chi connectivity index (χ4v) is 1.75. The molecule has 0 amide bonds. The molecule has 1 aromatic carbocycles. The molecule has 0 unspecified atom stereocenters. The first-order valence-electron chi connectivity index (χ1n) is 6.37. The highest BCUT2D eigenvalue weighted by molar-refractivity contribution is 5.60. The first-order valence-corrected chi connectivity index (χ1v) is 6.37. The molecule has 5 heteroatoms. The summed E-state index contributed by atoms with van der Waals surface area (Å²) in [6.07, 6.45) is 2.85. The fourth-order valence-electron chi connectivity index (χ4n) is 1.75. The minimum absolute atomic E-state index is 0.416. The van der Waals surface area contributed by atoms with E-state index in [0.29, 0.717) is 18.0 Å². The maximum absolute atomic E-state index is 9.12. The van der Waals surface area contributed by atoms with E-state index in [1.807, 2.05) is 32.0 Å². The lowest BCUT2D eigenvalue weighted by Gasteiger charge is -2.07. The number of nitrogens with zero attached hydrogens (tertiary/aromatic N) is 4. The van der Waals surface area contributed by atoms with Gasteiger partial charge in [-0.2, -0.15) is 15.4 Å². The van der Waals surface area contributed by atoms with Gasteiger partial charge in [-0.1, -0.05) is 6.07 Å². The lowest BCUT2D eigenvalue weighted by atomic mass is 10.1. The van der Waals surface area contributed by atoms with Crippen molar-refractivity contribution in [2.45, 2.75) is 20.8 Å². The van der Waals surface area contributed by atoms with Crippen molar-refractivity contribution in [2.24, 2.45) is 4.99 Å². The van der Waals surface area contributed by atoms with Gasteiger partial charge in [0.1, 0.15) is 11.6 Å². The molecule has 0 aliphatic carbocycles. The van der Waals surface area contributed by atoms with Gasteiger partial charge in [0.25, 0.3) is 0 Å². The van der Waals surface area contributed by atoms with E-state index in [1.165, 1.54) is 18.2 Å². The molecule has 2 rings (SSSR count). The molecule has 0 saturated heterocycles. The summed E-state index contributed by atoms with van der Waals surface area (Å²) in [4.78, 5) is 4.19. The zero-order valence-corrected chi connectivity index (χ0v) is 11.8. The van der Waals surface area contributed by atoms with Gasteiger partial charge in [0, 0.05) is 0 Å². The number of aliphatic imine (C=N–C) groups is 1. The summed E-state index contributed by atoms with van der Waals surface area (Å²) in [6, 6.07) is 8.08. The predicted octanol–water partition coefficient (Wildman–Crippen LogP) is 3.06. The van der Waals surface area contributed by atoms with E-state index in [0.717, 1.165) is 11.3 Å². The second-order valence-corrected chi connectivity index (χ2v) is 4.36. The summed E-state index contributed by atoms with van der Waals surface area (Å²) >= 11 is 0. The number of hydrogen-bond acceptors (Lipinski definition) is 4. The van der Waals surface area contributed by atoms with Crippen LogP contribution in [-0.2, 0) is 4.74 Å². The highest BCUT2D eigenvalue weighted by Crippen LogP contribution is 2.23. The molecule has 0 spiro atoms. The molecular weight excluding hydrogens is 252 g/mol. The first kappa shape index (κ1) is 13.8. The molecule has 20 heavy (non-hydrogen) atoms. The Labute approximate surface area is 118 Å². The number of benzene rings is 1. The molecule has 102 valence electrons. The van der Waals surface area contributed by atoms with Crippen LogP contribution >= 0.6 is 0 Å². The lowest BCUT2D eigenvalue weighted by Crippen LogP contribution is -1.98. The van der Waals surface area contributed by atoms with E-state index in [-0.39, 0.29) is 0 Å². The monoisotopic (exact) mass is 268 g/mol. The SMILES string of the molecule is CCOC=Nc1c(C#N)cnn1-c1ccc(C)c(C)c1. The fraction of sp³-hybridized carbons (Fsp3) is 0.267. The third-order valence-corrected chi connectivity index (χ3v) is 3.02. The number of aryl methyl sites for hydroxylation is 2. The Hall–Kier alpha value is -2.61. The van der Waals surface area contributed by atoms with E-state index in [1.54, 1.807) is 4.68 Å². The summed E-state index contributed by atoms with van der Waals surface area (Å²) in [6.45, 7) is 6.49. The average Bonchev–Trinajstić information content (AvgIpc) is 2.85. The molecule has 0 N–H and O–H groups in total. The molecular formula is C15H16N4O. The second-order valence-electron chi connectivity index (χ2n) is 4.36. The van der Waals surface area contributed by atoms with E-state index in [9.17, 15) is 0 Å². The van der Waals surface area contributed by atoms with E-state index >= 15 is 0 Å². The van der Waals surface area contributed by atoms with Crippen LogP contribution in [0.15, 0.2) is 29.4 Å². The first-order chi connectivity index (χ1) is 9.67. The zero-order chi connectivity index (χ0) is 14.5. The topological polar surface area (TPSA) is 63.2 Å². The van der Waals surface area contributed by atoms with Crippen LogP contribution in [0.2, 0.25) is 0 Å². The van der Waals surface area contributed by atoms with E-state index in [2.05, 4.69) is 23.1 Å². The van der Waals surface area contributed by atoms with Crippen LogP contribution in [0, 0.1) is 25.2 Å². The van der Waals surface area contributed by atoms with Crippen molar-refractivity contribution in [1.82, 2.24) is 9.78 Å². The third-order valence-electron chi connectivity index (χ3n) is 3.02. The van der Waals surface area contributed by atoms with Gasteiger partial charge in [-0.15, -0.1) is 0 Å². The van der Waals surface area contributed by atoms with Crippen molar-refractivity contribution in [2.75, 3.05) is 6.61 Å². The Balaban J connectivity index is 2.48. The molecule has 0 aliphatic heterocycles. The maximum atomic E-state index is 9.12. The smallest absolute Gasteiger partial charge is 0.176 e. The summed E-state index contributed by atoms with van der Waals surface area (Å²) in [5.74, 6) is 0.476. The Morgan fingerprint density at radius 3 is 2.85 bits per heavy atom. The largest absolute Gasteiger partial charge is 0.483 e. The normalized spacial score (nSPS) is 10.7. The van der Waals surface area contributed by atoms with E-state index in [4.69, 9.17) is 10.00 Å². The molecule has 0 radical (unpaired) electrons. The highest BCUT2D eigenvalue weighted by atomic mass is 16.5. The molecule has 0 bridgehead atoms. The van der Waals surface area contributed by atoms with Gasteiger partial charge in [0.2, 0.25) is 0 Å². The van der Waals surface area contributed by atoms with Gasteiger partial charge in [0.15, 0.2) is 12.2 Å². The predicted molar refractivity (Wildman–Crippen MR) is 77.5 cm³/mol. The third kappa shape index (κ3) is 2.69. The van der Waals surface area contributed by atoms with Gasteiger partial charge in [0.05, 0.1) is 18.5 Å². The Kier molecular flexibility index (Phi) is 4.16. The van der Waals surface area contributed by atoms with Crippen LogP contribution < -0.4 is 0 Å². The Bertz CT molecular complexity index is 680. The van der Waals surface area contributed by atoms with E-state index < -0.39 is 0 Å². The van der Waals surface area contributed by atoms with Crippen molar-refractivity contribution in [3.8, 4) is 11.8 Å². The summed E-state index contributed by atoms with van der Waals surface area (Å²) in [5, 5.41) is 13.3. The van der Waals surface area contributed by atoms with Crippen LogP contribution in [0.5, 0.6) is 0 Å². The molecule has 0 aliphatic rings. The van der Waals surface area contributed by atoms with Crippen LogP contribution in [0.4, 0.5) is 5.82 Å². The average molecular weight is 268 g/mol. The molecule has 0 fully saturated rings. The second kappa shape index (κ2) is 6.02. The molecule has 5 nitrogen and oxygen atoms in total. The van der Waals surface area contributed by atoms with Gasteiger partial charge in [-0.25, -0.2) is 4.68 Å². The van der Waals surface area contributed by atoms with Crippen molar-refractivity contribution in [1.29, 1.82) is 5.26 Å². The number of aromatic nitrogens is 2. The standard InChI is InChI=1S/C15H16N4O/c1-4-20-10-17-15-13(8-16)9-18-19(15)14-6-5-11(2)12(3)7-14/h5-7,9-10H,4H2,1-3H3. The van der Waals surface area contributed by atoms with Gasteiger partial charge >= 0.3 is 0 Å². The number of nitriles is 1. The minimum Gasteiger partial charge on any atom is -0.483 e. The minimum atomic E-state index is 0.416. The van der Waals surface area contributed by atoms with Gasteiger partial charge in [-0.3, -0.25) is 0 Å². The number of rotatable bonds is 4. The molecule has 1 heterocycles. The summed E-state index contributed by atoms with van der Waals surface area (Å²) < 4.78 is 6.74. The maximum Gasteiger partial charge on any atom is 0.176 e. The van der Waals surface area contributed by atoms with Crippen LogP contribution in [0.1, 0.15) is 23.6 Å². The quantitative estimate of drug-likeness (QED) is 0.632. The number of hydrogen-bond donors (Lipinski definition) is 0. The van der Waals surface area contributed by atoms with Crippen molar-refractivity contribution in [3.05, 3.63) is 41.1 Å². The number of ether oxygens (including phenoxy) is 1. The molecule has 0 atom stereocenters. The van der Waals surface area contributed by atoms with Crippen LogP contribution in [0.25, 0.3) is 5.69 Å². The van der Waals surface area contributed by atoms with Gasteiger partial charge < -0.3 is 4.74 Å². The molecule has 0 saturated carbocycles. The summed E-state index contributed by atoms with van der Waals surface area (Å²) in [5.41, 5.74) is 3.66. The zero-order valence-electron chi connectivity index (χ0n) is 11.8. The Morgan fingerprint density at radius 1 is 1.40 bits per heavy atom.